The van der Waals surface area contributed by atoms with Crippen LogP contribution in [0.25, 0.3) is 0 Å². The lowest BCUT2D eigenvalue weighted by atomic mass is 9.95. The van der Waals surface area contributed by atoms with Gasteiger partial charge < -0.3 is 0 Å². The Hall–Kier alpha value is -2.24. The zero-order chi connectivity index (χ0) is 20.8. The second-order valence-corrected chi connectivity index (χ2v) is 9.43. The molecule has 0 aromatic carbocycles. The van der Waals surface area contributed by atoms with Crippen LogP contribution in [0.15, 0.2) is 34.5 Å². The van der Waals surface area contributed by atoms with E-state index >= 15 is 0 Å². The molecule has 30 heavy (non-hydrogen) atoms. The van der Waals surface area contributed by atoms with Crippen LogP contribution in [0.3, 0.4) is 0 Å². The Bertz CT molecular complexity index is 679. The number of carbonyl (C=O) groups is 2. The van der Waals surface area contributed by atoms with Crippen LogP contribution in [-0.4, -0.2) is 24.2 Å². The van der Waals surface area contributed by atoms with E-state index in [4.69, 9.17) is 0 Å². The molecule has 0 saturated heterocycles. The quantitative estimate of drug-likeness (QED) is 0.234. The number of hydrogen-bond donors (Lipinski definition) is 2. The van der Waals surface area contributed by atoms with Crippen LogP contribution in [0, 0.1) is 35.5 Å². The number of amides is 2. The van der Waals surface area contributed by atoms with Crippen LogP contribution in [0.1, 0.15) is 64.2 Å². The lowest BCUT2D eigenvalue weighted by Crippen LogP contribution is -2.19. The van der Waals surface area contributed by atoms with Crippen LogP contribution >= 0.6 is 0 Å². The maximum Gasteiger partial charge on any atom is 0.240 e. The Morgan fingerprint density at radius 2 is 1.17 bits per heavy atom. The van der Waals surface area contributed by atoms with Crippen LogP contribution in [0.5, 0.6) is 0 Å². The van der Waals surface area contributed by atoms with Crippen molar-refractivity contribution in [2.45, 2.75) is 64.2 Å². The van der Waals surface area contributed by atoms with Crippen LogP contribution in [0.4, 0.5) is 0 Å². The van der Waals surface area contributed by atoms with Gasteiger partial charge in [0.1, 0.15) is 0 Å². The van der Waals surface area contributed by atoms with Gasteiger partial charge in [-0.05, 0) is 62.2 Å². The molecule has 2 fully saturated rings. The summed E-state index contributed by atoms with van der Waals surface area (Å²) in [6.45, 7) is 0. The number of unbranched alkanes of at least 4 members (excludes halogenated alkanes) is 3. The first-order valence-electron chi connectivity index (χ1n) is 11.7. The number of rotatable bonds is 11. The Balaban J connectivity index is 0.981. The van der Waals surface area contributed by atoms with Crippen LogP contribution in [0.2, 0.25) is 0 Å². The molecule has 4 aliphatic carbocycles. The van der Waals surface area contributed by atoms with Gasteiger partial charge in [-0.2, -0.15) is 10.2 Å². The molecule has 0 radical (unpaired) electrons. The van der Waals surface area contributed by atoms with E-state index in [1.165, 1.54) is 25.7 Å². The van der Waals surface area contributed by atoms with Crippen molar-refractivity contribution in [3.8, 4) is 0 Å². The topological polar surface area (TPSA) is 82.9 Å². The number of hydrazone groups is 2. The summed E-state index contributed by atoms with van der Waals surface area (Å²) in [6, 6.07) is 0. The molecule has 0 spiro atoms. The predicted octanol–water partition coefficient (Wildman–Crippen LogP) is 3.96. The van der Waals surface area contributed by atoms with E-state index in [1.54, 1.807) is 0 Å². The number of nitrogens with zero attached hydrogens (tertiary/aromatic N) is 2. The molecular formula is C24H34N4O2. The van der Waals surface area contributed by atoms with E-state index < -0.39 is 0 Å². The van der Waals surface area contributed by atoms with Crippen molar-refractivity contribution in [2.75, 3.05) is 0 Å². The second kappa shape index (κ2) is 10.2. The highest BCUT2D eigenvalue weighted by atomic mass is 16.2. The molecule has 6 nitrogen and oxygen atoms in total. The van der Waals surface area contributed by atoms with Gasteiger partial charge >= 0.3 is 0 Å². The van der Waals surface area contributed by atoms with E-state index in [9.17, 15) is 9.59 Å². The van der Waals surface area contributed by atoms with E-state index in [0.717, 1.165) is 37.5 Å². The smallest absolute Gasteiger partial charge is 0.240 e. The van der Waals surface area contributed by atoms with Crippen molar-refractivity contribution >= 4 is 24.2 Å². The highest BCUT2D eigenvalue weighted by Gasteiger charge is 2.35. The first kappa shape index (κ1) is 21.0. The minimum atomic E-state index is -0.0208. The molecule has 0 aliphatic heterocycles. The number of fused-ring (bicyclic) bond motifs is 4. The summed E-state index contributed by atoms with van der Waals surface area (Å²) < 4.78 is 0. The summed E-state index contributed by atoms with van der Waals surface area (Å²) in [7, 11) is 0. The summed E-state index contributed by atoms with van der Waals surface area (Å²) >= 11 is 0. The van der Waals surface area contributed by atoms with Crippen molar-refractivity contribution in [1.29, 1.82) is 0 Å². The maximum absolute atomic E-state index is 11.9. The fourth-order valence-electron chi connectivity index (χ4n) is 5.44. The lowest BCUT2D eigenvalue weighted by Gasteiger charge is -2.12. The standard InChI is InChI=1S/C24H34N4O2/c29-23(27-25-15-21-13-17-7-9-19(21)11-17)5-3-1-2-4-6-24(30)28-26-16-22-14-18-8-10-20(22)12-18/h7-10,15-22H,1-6,11-14H2,(H,27,29)(H,28,30)/t17-,18-,19-,20-,21+,22+/m0/s1. The molecule has 2 N–H and O–H groups in total. The molecule has 6 heteroatoms. The molecule has 0 unspecified atom stereocenters. The first-order valence-corrected chi connectivity index (χ1v) is 11.7. The predicted molar refractivity (Wildman–Crippen MR) is 119 cm³/mol. The molecule has 2 amide bonds. The number of nitrogens with one attached hydrogen (secondary N) is 2. The monoisotopic (exact) mass is 410 g/mol. The van der Waals surface area contributed by atoms with E-state index in [2.05, 4.69) is 45.4 Å². The van der Waals surface area contributed by atoms with Gasteiger partial charge in [-0.15, -0.1) is 0 Å². The molecule has 0 aromatic rings. The summed E-state index contributed by atoms with van der Waals surface area (Å²) in [5.74, 6) is 3.61. The van der Waals surface area contributed by atoms with Gasteiger partial charge in [0, 0.05) is 37.1 Å². The second-order valence-electron chi connectivity index (χ2n) is 9.43. The van der Waals surface area contributed by atoms with Gasteiger partial charge in [0.05, 0.1) is 0 Å². The molecule has 4 rings (SSSR count). The SMILES string of the molecule is O=C(CCCCCCC(=O)NN=C[C@H]1C[C@H]2C=C[C@H]1C2)NN=C[C@H]1C[C@H]2C=C[C@H]1C2. The summed E-state index contributed by atoms with van der Waals surface area (Å²) in [4.78, 5) is 23.7. The third-order valence-corrected chi connectivity index (χ3v) is 7.13. The molecular weight excluding hydrogens is 376 g/mol. The fraction of sp³-hybridized carbons (Fsp3) is 0.667. The molecule has 0 heterocycles. The largest absolute Gasteiger partial charge is 0.273 e. The van der Waals surface area contributed by atoms with Crippen molar-refractivity contribution in [1.82, 2.24) is 10.9 Å². The normalized spacial score (nSPS) is 33.3. The summed E-state index contributed by atoms with van der Waals surface area (Å²) in [6.07, 6.45) is 22.4. The maximum atomic E-state index is 11.9. The molecule has 4 aliphatic rings. The van der Waals surface area contributed by atoms with Crippen molar-refractivity contribution in [3.05, 3.63) is 24.3 Å². The molecule has 162 valence electrons. The van der Waals surface area contributed by atoms with E-state index in [1.807, 2.05) is 12.4 Å². The third kappa shape index (κ3) is 5.67. The number of allylic oxidation sites excluding steroid dienone is 4. The van der Waals surface area contributed by atoms with E-state index in [-0.39, 0.29) is 11.8 Å². The fourth-order valence-corrected chi connectivity index (χ4v) is 5.44. The Morgan fingerprint density at radius 1 is 0.700 bits per heavy atom. The van der Waals surface area contributed by atoms with Gasteiger partial charge in [-0.25, -0.2) is 10.9 Å². The third-order valence-electron chi connectivity index (χ3n) is 7.13. The van der Waals surface area contributed by atoms with Gasteiger partial charge in [-0.1, -0.05) is 37.1 Å². The molecule has 0 aromatic heterocycles. The highest BCUT2D eigenvalue weighted by molar-refractivity contribution is 5.77. The number of carbonyl (C=O) groups excluding carboxylic acids is 2. The highest BCUT2D eigenvalue weighted by Crippen LogP contribution is 2.43. The Kier molecular flexibility index (Phi) is 7.13. The Labute approximate surface area is 179 Å². The van der Waals surface area contributed by atoms with E-state index in [0.29, 0.717) is 36.5 Å². The van der Waals surface area contributed by atoms with Gasteiger partial charge in [0.2, 0.25) is 11.8 Å². The zero-order valence-corrected chi connectivity index (χ0v) is 17.7. The summed E-state index contributed by atoms with van der Waals surface area (Å²) in [5, 5.41) is 8.30. The molecule has 6 atom stereocenters. The summed E-state index contributed by atoms with van der Waals surface area (Å²) in [5.41, 5.74) is 5.31. The lowest BCUT2D eigenvalue weighted by molar-refractivity contribution is -0.122. The average molecular weight is 411 g/mol. The zero-order valence-electron chi connectivity index (χ0n) is 17.7. The van der Waals surface area contributed by atoms with Crippen molar-refractivity contribution < 1.29 is 9.59 Å². The number of hydrogen-bond acceptors (Lipinski definition) is 4. The minimum absolute atomic E-state index is 0.0208. The van der Waals surface area contributed by atoms with Gasteiger partial charge in [-0.3, -0.25) is 9.59 Å². The van der Waals surface area contributed by atoms with Crippen LogP contribution in [-0.2, 0) is 9.59 Å². The average Bonchev–Trinajstić information content (AvgIpc) is 3.52. The van der Waals surface area contributed by atoms with Crippen molar-refractivity contribution in [3.63, 3.8) is 0 Å². The Morgan fingerprint density at radius 3 is 1.53 bits per heavy atom. The van der Waals surface area contributed by atoms with Crippen LogP contribution < -0.4 is 10.9 Å². The van der Waals surface area contributed by atoms with Gasteiger partial charge in [0.25, 0.3) is 0 Å². The molecule has 4 bridgehead atoms. The molecule has 2 saturated carbocycles. The van der Waals surface area contributed by atoms with Gasteiger partial charge in [0.15, 0.2) is 0 Å². The van der Waals surface area contributed by atoms with Crippen molar-refractivity contribution in [2.24, 2.45) is 45.7 Å². The first-order chi connectivity index (χ1) is 14.7. The minimum Gasteiger partial charge on any atom is -0.273 e.